The lowest BCUT2D eigenvalue weighted by atomic mass is 9.92. The van der Waals surface area contributed by atoms with E-state index in [4.69, 9.17) is 0 Å². The number of aromatic amines is 1. The van der Waals surface area contributed by atoms with E-state index in [1.807, 2.05) is 0 Å². The standard InChI is InChI=1S/C17H23NO/c1-10-7-8-11(2)17-16(10)14(12(3)18-17)9-13-5-4-6-15(13)19/h7-8,13,15,18-19H,4-6,9H2,1-3H3. The molecule has 2 atom stereocenters. The molecule has 1 aliphatic carbocycles. The summed E-state index contributed by atoms with van der Waals surface area (Å²) in [5.41, 5.74) is 6.61. The number of H-pyrrole nitrogens is 1. The third-order valence-corrected chi connectivity index (χ3v) is 4.77. The second-order valence-corrected chi connectivity index (χ2v) is 6.14. The number of rotatable bonds is 2. The molecule has 19 heavy (non-hydrogen) atoms. The van der Waals surface area contributed by atoms with Crippen molar-refractivity contribution >= 4 is 10.9 Å². The van der Waals surface area contributed by atoms with Gasteiger partial charge in [0.1, 0.15) is 0 Å². The number of aliphatic hydroxyl groups excluding tert-OH is 1. The molecule has 1 aromatic carbocycles. The van der Waals surface area contributed by atoms with Crippen molar-refractivity contribution in [3.63, 3.8) is 0 Å². The Bertz CT molecular complexity index is 611. The third kappa shape index (κ3) is 2.08. The van der Waals surface area contributed by atoms with Crippen LogP contribution in [-0.4, -0.2) is 16.2 Å². The van der Waals surface area contributed by atoms with Crippen LogP contribution in [0.25, 0.3) is 10.9 Å². The molecule has 1 aliphatic rings. The van der Waals surface area contributed by atoms with Gasteiger partial charge in [0.15, 0.2) is 0 Å². The molecule has 0 amide bonds. The lowest BCUT2D eigenvalue weighted by Crippen LogP contribution is -2.15. The third-order valence-electron chi connectivity index (χ3n) is 4.77. The van der Waals surface area contributed by atoms with Gasteiger partial charge in [0.25, 0.3) is 0 Å². The fourth-order valence-electron chi connectivity index (χ4n) is 3.58. The normalized spacial score (nSPS) is 23.4. The van der Waals surface area contributed by atoms with Gasteiger partial charge in [-0.2, -0.15) is 0 Å². The molecule has 0 saturated heterocycles. The molecular formula is C17H23NO. The average Bonchev–Trinajstić information content (AvgIpc) is 2.91. The minimum Gasteiger partial charge on any atom is -0.393 e. The molecular weight excluding hydrogens is 234 g/mol. The van der Waals surface area contributed by atoms with E-state index in [0.717, 1.165) is 19.3 Å². The number of hydrogen-bond donors (Lipinski definition) is 2. The van der Waals surface area contributed by atoms with Gasteiger partial charge >= 0.3 is 0 Å². The van der Waals surface area contributed by atoms with E-state index in [-0.39, 0.29) is 6.10 Å². The zero-order valence-electron chi connectivity index (χ0n) is 12.1. The number of aliphatic hydroxyl groups is 1. The van der Waals surface area contributed by atoms with E-state index in [0.29, 0.717) is 5.92 Å². The molecule has 2 N–H and O–H groups in total. The quantitative estimate of drug-likeness (QED) is 0.843. The van der Waals surface area contributed by atoms with Gasteiger partial charge in [-0.1, -0.05) is 18.6 Å². The maximum atomic E-state index is 10.1. The highest BCUT2D eigenvalue weighted by atomic mass is 16.3. The molecule has 0 spiro atoms. The first kappa shape index (κ1) is 12.7. The van der Waals surface area contributed by atoms with Crippen molar-refractivity contribution in [2.24, 2.45) is 5.92 Å². The summed E-state index contributed by atoms with van der Waals surface area (Å²) in [4.78, 5) is 3.54. The topological polar surface area (TPSA) is 36.0 Å². The highest BCUT2D eigenvalue weighted by Crippen LogP contribution is 2.34. The predicted octanol–water partition coefficient (Wildman–Crippen LogP) is 3.80. The minimum atomic E-state index is -0.102. The van der Waals surface area contributed by atoms with Crippen LogP contribution in [0.2, 0.25) is 0 Å². The maximum Gasteiger partial charge on any atom is 0.0571 e. The van der Waals surface area contributed by atoms with Gasteiger partial charge < -0.3 is 10.1 Å². The summed E-state index contributed by atoms with van der Waals surface area (Å²) >= 11 is 0. The smallest absolute Gasteiger partial charge is 0.0571 e. The summed E-state index contributed by atoms with van der Waals surface area (Å²) < 4.78 is 0. The van der Waals surface area contributed by atoms with Gasteiger partial charge in [-0.05, 0) is 62.6 Å². The Labute approximate surface area is 114 Å². The lowest BCUT2D eigenvalue weighted by Gasteiger charge is -2.15. The Kier molecular flexibility index (Phi) is 3.14. The van der Waals surface area contributed by atoms with Gasteiger partial charge in [-0.15, -0.1) is 0 Å². The number of benzene rings is 1. The van der Waals surface area contributed by atoms with Crippen LogP contribution in [0.4, 0.5) is 0 Å². The first-order valence-electron chi connectivity index (χ1n) is 7.33. The van der Waals surface area contributed by atoms with Crippen LogP contribution in [0.3, 0.4) is 0 Å². The Morgan fingerprint density at radius 1 is 1.16 bits per heavy atom. The number of fused-ring (bicyclic) bond motifs is 1. The molecule has 102 valence electrons. The van der Waals surface area contributed by atoms with Crippen LogP contribution < -0.4 is 0 Å². The number of nitrogens with one attached hydrogen (secondary N) is 1. The van der Waals surface area contributed by atoms with Crippen molar-refractivity contribution < 1.29 is 5.11 Å². The van der Waals surface area contributed by atoms with Gasteiger partial charge in [-0.3, -0.25) is 0 Å². The Morgan fingerprint density at radius 3 is 2.58 bits per heavy atom. The molecule has 1 aromatic heterocycles. The molecule has 1 fully saturated rings. The van der Waals surface area contributed by atoms with Gasteiger partial charge in [0.2, 0.25) is 0 Å². The highest BCUT2D eigenvalue weighted by molar-refractivity contribution is 5.90. The molecule has 2 nitrogen and oxygen atoms in total. The van der Waals surface area contributed by atoms with E-state index in [1.165, 1.54) is 39.7 Å². The van der Waals surface area contributed by atoms with Crippen LogP contribution in [0.15, 0.2) is 12.1 Å². The maximum absolute atomic E-state index is 10.1. The zero-order valence-corrected chi connectivity index (χ0v) is 12.1. The molecule has 1 heterocycles. The second-order valence-electron chi connectivity index (χ2n) is 6.14. The molecule has 2 unspecified atom stereocenters. The summed E-state index contributed by atoms with van der Waals surface area (Å²) in [5.74, 6) is 0.442. The van der Waals surface area contributed by atoms with Gasteiger partial charge in [-0.25, -0.2) is 0 Å². The van der Waals surface area contributed by atoms with Crippen molar-refractivity contribution in [2.75, 3.05) is 0 Å². The minimum absolute atomic E-state index is 0.102. The Morgan fingerprint density at radius 2 is 1.89 bits per heavy atom. The first-order chi connectivity index (χ1) is 9.08. The average molecular weight is 257 g/mol. The van der Waals surface area contributed by atoms with Crippen LogP contribution in [0, 0.1) is 26.7 Å². The van der Waals surface area contributed by atoms with Gasteiger partial charge in [0.05, 0.1) is 6.10 Å². The second kappa shape index (κ2) is 4.68. The summed E-state index contributed by atoms with van der Waals surface area (Å²) in [6.45, 7) is 6.51. The first-order valence-corrected chi connectivity index (χ1v) is 7.33. The fourth-order valence-corrected chi connectivity index (χ4v) is 3.58. The summed E-state index contributed by atoms with van der Waals surface area (Å²) in [6, 6.07) is 4.39. The largest absolute Gasteiger partial charge is 0.393 e. The van der Waals surface area contributed by atoms with Crippen molar-refractivity contribution in [1.29, 1.82) is 0 Å². The molecule has 0 bridgehead atoms. The van der Waals surface area contributed by atoms with Gasteiger partial charge in [0, 0.05) is 16.6 Å². The van der Waals surface area contributed by atoms with E-state index < -0.39 is 0 Å². The van der Waals surface area contributed by atoms with Crippen LogP contribution in [-0.2, 0) is 6.42 Å². The van der Waals surface area contributed by atoms with Crippen LogP contribution in [0.5, 0.6) is 0 Å². The number of aromatic nitrogens is 1. The van der Waals surface area contributed by atoms with Crippen molar-refractivity contribution in [3.05, 3.63) is 34.5 Å². The van der Waals surface area contributed by atoms with Crippen LogP contribution >= 0.6 is 0 Å². The molecule has 1 saturated carbocycles. The molecule has 2 heteroatoms. The molecule has 0 radical (unpaired) electrons. The Balaban J connectivity index is 2.07. The summed E-state index contributed by atoms with van der Waals surface area (Å²) in [6.07, 6.45) is 4.22. The molecule has 0 aliphatic heterocycles. The zero-order chi connectivity index (χ0) is 13.6. The summed E-state index contributed by atoms with van der Waals surface area (Å²) in [7, 11) is 0. The monoisotopic (exact) mass is 257 g/mol. The Hall–Kier alpha value is -1.28. The highest BCUT2D eigenvalue weighted by Gasteiger charge is 2.27. The SMILES string of the molecule is Cc1[nH]c2c(C)ccc(C)c2c1CC1CCCC1O. The fraction of sp³-hybridized carbons (Fsp3) is 0.529. The van der Waals surface area contributed by atoms with E-state index in [2.05, 4.69) is 37.9 Å². The van der Waals surface area contributed by atoms with Crippen LogP contribution in [0.1, 0.15) is 41.6 Å². The number of hydrogen-bond acceptors (Lipinski definition) is 1. The molecule has 2 aromatic rings. The van der Waals surface area contributed by atoms with E-state index in [1.54, 1.807) is 0 Å². The lowest BCUT2D eigenvalue weighted by molar-refractivity contribution is 0.133. The summed E-state index contributed by atoms with van der Waals surface area (Å²) in [5, 5.41) is 11.5. The number of aryl methyl sites for hydroxylation is 3. The van der Waals surface area contributed by atoms with Crippen molar-refractivity contribution in [3.8, 4) is 0 Å². The molecule has 3 rings (SSSR count). The van der Waals surface area contributed by atoms with E-state index in [9.17, 15) is 5.11 Å². The van der Waals surface area contributed by atoms with Crippen molar-refractivity contribution in [2.45, 2.75) is 52.6 Å². The van der Waals surface area contributed by atoms with E-state index >= 15 is 0 Å². The van der Waals surface area contributed by atoms with Crippen molar-refractivity contribution in [1.82, 2.24) is 4.98 Å². The predicted molar refractivity (Wildman–Crippen MR) is 79.6 cm³/mol.